The number of sulfonamides is 1. The second kappa shape index (κ2) is 6.29. The van der Waals surface area contributed by atoms with Crippen molar-refractivity contribution < 1.29 is 18.0 Å². The molecule has 0 radical (unpaired) electrons. The van der Waals surface area contributed by atoms with Gasteiger partial charge in [-0.1, -0.05) is 12.1 Å². The summed E-state index contributed by atoms with van der Waals surface area (Å²) in [7, 11) is -3.85. The van der Waals surface area contributed by atoms with Crippen LogP contribution in [0.4, 0.5) is 0 Å². The third kappa shape index (κ3) is 3.37. The fourth-order valence-corrected chi connectivity index (χ4v) is 3.99. The van der Waals surface area contributed by atoms with E-state index < -0.39 is 15.9 Å². The van der Waals surface area contributed by atoms with E-state index in [4.69, 9.17) is 0 Å². The van der Waals surface area contributed by atoms with E-state index in [2.05, 4.69) is 4.83 Å². The maximum absolute atomic E-state index is 12.5. The summed E-state index contributed by atoms with van der Waals surface area (Å²) in [4.78, 5) is 28.6. The van der Waals surface area contributed by atoms with E-state index in [1.54, 1.807) is 17.0 Å². The van der Waals surface area contributed by atoms with Crippen molar-refractivity contribution in [3.63, 3.8) is 0 Å². The van der Waals surface area contributed by atoms with Gasteiger partial charge in [-0.15, -0.1) is 4.83 Å². The van der Waals surface area contributed by atoms with Crippen molar-refractivity contribution in [3.8, 4) is 0 Å². The number of carbonyl (C=O) groups excluding carboxylic acids is 2. The van der Waals surface area contributed by atoms with Gasteiger partial charge >= 0.3 is 0 Å². The summed E-state index contributed by atoms with van der Waals surface area (Å²) < 4.78 is 24.4. The summed E-state index contributed by atoms with van der Waals surface area (Å²) in [5.74, 6) is -0.846. The molecule has 0 atom stereocenters. The third-order valence-corrected chi connectivity index (χ3v) is 4.97. The molecule has 0 aromatic heterocycles. The minimum Gasteiger partial charge on any atom is -0.336 e. The monoisotopic (exact) mass is 339 g/mol. The molecule has 1 aliphatic heterocycles. The van der Waals surface area contributed by atoms with Gasteiger partial charge in [0.1, 0.15) is 6.54 Å². The molecule has 0 spiro atoms. The summed E-state index contributed by atoms with van der Waals surface area (Å²) in [6, 6.07) is 5.84. The molecule has 126 valence electrons. The first kappa shape index (κ1) is 17.4. The lowest BCUT2D eigenvalue weighted by Crippen LogP contribution is -2.55. The molecule has 1 aliphatic rings. The zero-order valence-electron chi connectivity index (χ0n) is 13.6. The van der Waals surface area contributed by atoms with Crippen LogP contribution in [0.3, 0.4) is 0 Å². The van der Waals surface area contributed by atoms with Crippen LogP contribution >= 0.6 is 0 Å². The molecule has 0 unspecified atom stereocenters. The van der Waals surface area contributed by atoms with Gasteiger partial charge in [-0.3, -0.25) is 14.6 Å². The first-order valence-electron chi connectivity index (χ1n) is 7.39. The first-order valence-corrected chi connectivity index (χ1v) is 8.88. The molecule has 2 amide bonds. The minimum atomic E-state index is -3.85. The van der Waals surface area contributed by atoms with Crippen LogP contribution in [0.5, 0.6) is 0 Å². The molecule has 0 bridgehead atoms. The Bertz CT molecular complexity index is 720. The van der Waals surface area contributed by atoms with Crippen LogP contribution in [0.2, 0.25) is 0 Å². The molecule has 1 aromatic rings. The van der Waals surface area contributed by atoms with Crippen LogP contribution in [-0.2, 0) is 14.8 Å². The Hall–Kier alpha value is -1.93. The van der Waals surface area contributed by atoms with Crippen molar-refractivity contribution in [2.24, 2.45) is 0 Å². The van der Waals surface area contributed by atoms with Crippen molar-refractivity contribution in [2.75, 3.05) is 6.54 Å². The normalized spacial score (nSPS) is 16.6. The smallest absolute Gasteiger partial charge is 0.270 e. The molecule has 7 nitrogen and oxygen atoms in total. The van der Waals surface area contributed by atoms with Crippen LogP contribution < -0.4 is 4.83 Å². The van der Waals surface area contributed by atoms with E-state index in [0.717, 1.165) is 5.01 Å². The van der Waals surface area contributed by atoms with Gasteiger partial charge < -0.3 is 4.90 Å². The molecule has 8 heteroatoms. The molecule has 0 fully saturated rings. The Morgan fingerprint density at radius 1 is 1.17 bits per heavy atom. The number of nitrogens with one attached hydrogen (secondary N) is 1. The van der Waals surface area contributed by atoms with E-state index in [0.29, 0.717) is 0 Å². The summed E-state index contributed by atoms with van der Waals surface area (Å²) >= 11 is 0. The molecule has 1 N–H and O–H groups in total. The number of fused-ring (bicyclic) bond motifs is 1. The van der Waals surface area contributed by atoms with E-state index in [-0.39, 0.29) is 35.0 Å². The Balaban J connectivity index is 2.29. The van der Waals surface area contributed by atoms with Gasteiger partial charge in [-0.2, -0.15) is 0 Å². The number of hydrogen-bond acceptors (Lipinski definition) is 4. The molecule has 0 saturated carbocycles. The summed E-state index contributed by atoms with van der Waals surface area (Å²) in [5, 5.41) is 0.859. The molecule has 23 heavy (non-hydrogen) atoms. The Morgan fingerprint density at radius 2 is 1.74 bits per heavy atom. The van der Waals surface area contributed by atoms with Crippen LogP contribution in [0.25, 0.3) is 0 Å². The van der Waals surface area contributed by atoms with Crippen LogP contribution in [0, 0.1) is 0 Å². The number of rotatable bonds is 4. The number of hydrogen-bond donors (Lipinski definition) is 1. The summed E-state index contributed by atoms with van der Waals surface area (Å²) in [6.07, 6.45) is 0. The second-order valence-electron chi connectivity index (χ2n) is 5.97. The highest BCUT2D eigenvalue weighted by molar-refractivity contribution is 7.89. The van der Waals surface area contributed by atoms with E-state index in [1.165, 1.54) is 12.1 Å². The molecule has 1 aromatic carbocycles. The van der Waals surface area contributed by atoms with Gasteiger partial charge in [0, 0.05) is 12.1 Å². The van der Waals surface area contributed by atoms with Gasteiger partial charge in [-0.05, 0) is 39.8 Å². The lowest BCUT2D eigenvalue weighted by molar-refractivity contribution is -0.135. The van der Waals surface area contributed by atoms with Crippen LogP contribution in [-0.4, -0.2) is 48.8 Å². The number of amides is 2. The third-order valence-electron chi connectivity index (χ3n) is 3.58. The predicted octanol–water partition coefficient (Wildman–Crippen LogP) is 0.981. The fraction of sp³-hybridized carbons (Fsp3) is 0.467. The highest BCUT2D eigenvalue weighted by atomic mass is 32.2. The van der Waals surface area contributed by atoms with Crippen molar-refractivity contribution in [3.05, 3.63) is 29.8 Å². The van der Waals surface area contributed by atoms with E-state index >= 15 is 0 Å². The Labute approximate surface area is 136 Å². The van der Waals surface area contributed by atoms with Gasteiger partial charge in [0.2, 0.25) is 5.91 Å². The topological polar surface area (TPSA) is 86.8 Å². The maximum atomic E-state index is 12.5. The zero-order chi connectivity index (χ0) is 17.4. The van der Waals surface area contributed by atoms with Gasteiger partial charge in [-0.25, -0.2) is 8.42 Å². The molecule has 1 heterocycles. The molecule has 2 rings (SSSR count). The maximum Gasteiger partial charge on any atom is 0.270 e. The SMILES string of the molecule is CC(C)N(C(=O)CN1NS(=O)(=O)c2ccccc2C1=O)C(C)C. The molecular formula is C15H21N3O4S. The Morgan fingerprint density at radius 3 is 2.30 bits per heavy atom. The number of carbonyl (C=O) groups is 2. The van der Waals surface area contributed by atoms with Crippen molar-refractivity contribution in [1.29, 1.82) is 0 Å². The zero-order valence-corrected chi connectivity index (χ0v) is 14.4. The van der Waals surface area contributed by atoms with Crippen LogP contribution in [0.15, 0.2) is 29.2 Å². The molecule has 0 saturated heterocycles. The predicted molar refractivity (Wildman–Crippen MR) is 84.9 cm³/mol. The summed E-state index contributed by atoms with van der Waals surface area (Å²) in [5.41, 5.74) is 0.0692. The number of benzene rings is 1. The second-order valence-corrected chi connectivity index (χ2v) is 7.60. The average molecular weight is 339 g/mol. The first-order chi connectivity index (χ1) is 10.6. The molecule has 0 aliphatic carbocycles. The standard InChI is InChI=1S/C15H21N3O4S/c1-10(2)18(11(3)4)14(19)9-17-15(20)12-7-5-6-8-13(12)23(21,22)16-17/h5-8,10-11,16H,9H2,1-4H3. The quantitative estimate of drug-likeness (QED) is 0.886. The number of hydrazine groups is 1. The fourth-order valence-electron chi connectivity index (χ4n) is 2.75. The minimum absolute atomic E-state index is 0.0497. The van der Waals surface area contributed by atoms with Crippen LogP contribution in [0.1, 0.15) is 38.1 Å². The lowest BCUT2D eigenvalue weighted by atomic mass is 10.2. The highest BCUT2D eigenvalue weighted by Crippen LogP contribution is 2.22. The summed E-state index contributed by atoms with van der Waals surface area (Å²) in [6.45, 7) is 7.14. The van der Waals surface area contributed by atoms with Crippen molar-refractivity contribution >= 4 is 21.8 Å². The van der Waals surface area contributed by atoms with E-state index in [9.17, 15) is 18.0 Å². The highest BCUT2D eigenvalue weighted by Gasteiger charge is 2.36. The average Bonchev–Trinajstić information content (AvgIpc) is 2.43. The molecular weight excluding hydrogens is 318 g/mol. The Kier molecular flexibility index (Phi) is 4.76. The van der Waals surface area contributed by atoms with E-state index in [1.807, 2.05) is 27.7 Å². The van der Waals surface area contributed by atoms with Gasteiger partial charge in [0.05, 0.1) is 10.5 Å². The van der Waals surface area contributed by atoms with Crippen molar-refractivity contribution in [1.82, 2.24) is 14.7 Å². The lowest BCUT2D eigenvalue weighted by Gasteiger charge is -2.34. The van der Waals surface area contributed by atoms with Gasteiger partial charge in [0.25, 0.3) is 15.9 Å². The van der Waals surface area contributed by atoms with Crippen molar-refractivity contribution in [2.45, 2.75) is 44.7 Å². The largest absolute Gasteiger partial charge is 0.336 e. The number of nitrogens with zero attached hydrogens (tertiary/aromatic N) is 2. The van der Waals surface area contributed by atoms with Gasteiger partial charge in [0.15, 0.2) is 0 Å².